The highest BCUT2D eigenvalue weighted by Crippen LogP contribution is 2.35. The van der Waals surface area contributed by atoms with E-state index in [-0.39, 0.29) is 0 Å². The van der Waals surface area contributed by atoms with Gasteiger partial charge in [0.05, 0.1) is 5.69 Å². The lowest BCUT2D eigenvalue weighted by Gasteiger charge is -2.28. The smallest absolute Gasteiger partial charge is 0.164 e. The van der Waals surface area contributed by atoms with Crippen molar-refractivity contribution in [2.24, 2.45) is 0 Å². The van der Waals surface area contributed by atoms with Crippen LogP contribution in [0, 0.1) is 13.8 Å². The van der Waals surface area contributed by atoms with Crippen LogP contribution < -0.4 is 0 Å². The molecule has 2 aliphatic heterocycles. The van der Waals surface area contributed by atoms with Gasteiger partial charge < -0.3 is 4.57 Å². The highest BCUT2D eigenvalue weighted by molar-refractivity contribution is 5.55. The topological polar surface area (TPSA) is 51.8 Å². The SMILES string of the molecule is CCn1nc(C)c(CN2C3CCC2Cn2c(nnc2-c2ccccc2)C3)c1C. The summed E-state index contributed by atoms with van der Waals surface area (Å²) in [4.78, 5) is 2.71. The second-order valence-corrected chi connectivity index (χ2v) is 8.14. The third-order valence-corrected chi connectivity index (χ3v) is 6.61. The molecular formula is C22H28N6. The van der Waals surface area contributed by atoms with Gasteiger partial charge in [0, 0.05) is 55.0 Å². The Balaban J connectivity index is 1.45. The molecule has 6 heteroatoms. The Morgan fingerprint density at radius 2 is 1.82 bits per heavy atom. The van der Waals surface area contributed by atoms with Crippen LogP contribution in [-0.2, 0) is 26.1 Å². The van der Waals surface area contributed by atoms with Gasteiger partial charge in [0.2, 0.25) is 0 Å². The third-order valence-electron chi connectivity index (χ3n) is 6.61. The van der Waals surface area contributed by atoms with Gasteiger partial charge in [-0.25, -0.2) is 0 Å². The molecule has 2 unspecified atom stereocenters. The van der Waals surface area contributed by atoms with Gasteiger partial charge in [-0.1, -0.05) is 30.3 Å². The summed E-state index contributed by atoms with van der Waals surface area (Å²) in [6, 6.07) is 11.5. The molecular weight excluding hydrogens is 348 g/mol. The first-order valence-corrected chi connectivity index (χ1v) is 10.4. The molecule has 0 saturated carbocycles. The largest absolute Gasteiger partial charge is 0.309 e. The lowest BCUT2D eigenvalue weighted by molar-refractivity contribution is 0.180. The average Bonchev–Trinajstić information content (AvgIpc) is 3.32. The molecule has 28 heavy (non-hydrogen) atoms. The Morgan fingerprint density at radius 3 is 2.57 bits per heavy atom. The van der Waals surface area contributed by atoms with Crippen molar-refractivity contribution in [3.05, 3.63) is 53.1 Å². The Bertz CT molecular complexity index is 986. The summed E-state index contributed by atoms with van der Waals surface area (Å²) in [5.41, 5.74) is 5.04. The predicted molar refractivity (Wildman–Crippen MR) is 109 cm³/mol. The van der Waals surface area contributed by atoms with Gasteiger partial charge in [-0.3, -0.25) is 9.58 Å². The van der Waals surface area contributed by atoms with Crippen LogP contribution in [0.25, 0.3) is 11.4 Å². The van der Waals surface area contributed by atoms with Crippen LogP contribution in [0.2, 0.25) is 0 Å². The molecule has 1 aromatic carbocycles. The minimum Gasteiger partial charge on any atom is -0.309 e. The molecule has 0 N–H and O–H groups in total. The molecule has 0 aliphatic carbocycles. The number of hydrogen-bond donors (Lipinski definition) is 0. The van der Waals surface area contributed by atoms with Gasteiger partial charge >= 0.3 is 0 Å². The normalized spacial score (nSPS) is 21.7. The van der Waals surface area contributed by atoms with Crippen LogP contribution in [-0.4, -0.2) is 41.5 Å². The molecule has 2 aromatic heterocycles. The molecule has 0 radical (unpaired) electrons. The number of aromatic nitrogens is 5. The number of fused-ring (bicyclic) bond motifs is 3. The van der Waals surface area contributed by atoms with Crippen LogP contribution in [0.1, 0.15) is 42.5 Å². The Kier molecular flexibility index (Phi) is 4.31. The van der Waals surface area contributed by atoms with Crippen molar-refractivity contribution in [3.63, 3.8) is 0 Å². The highest BCUT2D eigenvalue weighted by atomic mass is 15.3. The van der Waals surface area contributed by atoms with E-state index in [0.29, 0.717) is 12.1 Å². The van der Waals surface area contributed by atoms with Crippen LogP contribution in [0.4, 0.5) is 0 Å². The third kappa shape index (κ3) is 2.78. The molecule has 6 nitrogen and oxygen atoms in total. The van der Waals surface area contributed by atoms with E-state index in [9.17, 15) is 0 Å². The quantitative estimate of drug-likeness (QED) is 0.701. The number of rotatable bonds is 4. The molecule has 4 heterocycles. The van der Waals surface area contributed by atoms with Gasteiger partial charge in [-0.2, -0.15) is 5.10 Å². The van der Waals surface area contributed by atoms with Gasteiger partial charge in [0.15, 0.2) is 5.82 Å². The molecule has 5 rings (SSSR count). The van der Waals surface area contributed by atoms with Gasteiger partial charge in [-0.15, -0.1) is 10.2 Å². The van der Waals surface area contributed by atoms with Gasteiger partial charge in [-0.05, 0) is 33.6 Å². The van der Waals surface area contributed by atoms with E-state index < -0.39 is 0 Å². The molecule has 146 valence electrons. The van der Waals surface area contributed by atoms with Gasteiger partial charge in [0.1, 0.15) is 5.82 Å². The molecule has 3 aromatic rings. The minimum atomic E-state index is 0.536. The zero-order chi connectivity index (χ0) is 19.3. The summed E-state index contributed by atoms with van der Waals surface area (Å²) in [5.74, 6) is 2.14. The molecule has 0 amide bonds. The number of aryl methyl sites for hydroxylation is 2. The van der Waals surface area contributed by atoms with E-state index >= 15 is 0 Å². The number of nitrogens with zero attached hydrogens (tertiary/aromatic N) is 6. The van der Waals surface area contributed by atoms with Crippen molar-refractivity contribution < 1.29 is 0 Å². The van der Waals surface area contributed by atoms with E-state index in [1.54, 1.807) is 0 Å². The van der Waals surface area contributed by atoms with E-state index in [1.807, 2.05) is 6.07 Å². The molecule has 2 atom stereocenters. The standard InChI is InChI=1S/C22H28N6/c1-4-28-16(3)20(15(2)25-28)14-26-18-10-11-19(26)13-27-21(12-18)23-24-22(27)17-8-6-5-7-9-17/h5-9,18-19H,4,10-14H2,1-3H3. The van der Waals surface area contributed by atoms with Crippen LogP contribution in [0.3, 0.4) is 0 Å². The second-order valence-electron chi connectivity index (χ2n) is 8.14. The minimum absolute atomic E-state index is 0.536. The maximum Gasteiger partial charge on any atom is 0.164 e. The first-order chi connectivity index (χ1) is 13.7. The van der Waals surface area contributed by atoms with Gasteiger partial charge in [0.25, 0.3) is 0 Å². The van der Waals surface area contributed by atoms with E-state index in [0.717, 1.165) is 43.3 Å². The predicted octanol–water partition coefficient (Wildman–Crippen LogP) is 3.37. The first kappa shape index (κ1) is 17.6. The second kappa shape index (κ2) is 6.85. The van der Waals surface area contributed by atoms with E-state index in [4.69, 9.17) is 5.10 Å². The molecule has 2 bridgehead atoms. The van der Waals surface area contributed by atoms with Crippen LogP contribution in [0.5, 0.6) is 0 Å². The monoisotopic (exact) mass is 376 g/mol. The van der Waals surface area contributed by atoms with Crippen LogP contribution in [0.15, 0.2) is 30.3 Å². The molecule has 2 aliphatic rings. The Labute approximate surface area is 166 Å². The summed E-state index contributed by atoms with van der Waals surface area (Å²) in [5, 5.41) is 13.8. The molecule has 1 saturated heterocycles. The maximum absolute atomic E-state index is 4.73. The highest BCUT2D eigenvalue weighted by Gasteiger charge is 2.39. The summed E-state index contributed by atoms with van der Waals surface area (Å²) < 4.78 is 4.49. The lowest BCUT2D eigenvalue weighted by atomic mass is 10.1. The van der Waals surface area contributed by atoms with Crippen molar-refractivity contribution in [1.29, 1.82) is 0 Å². The fourth-order valence-electron chi connectivity index (χ4n) is 5.04. The Morgan fingerprint density at radius 1 is 1.04 bits per heavy atom. The summed E-state index contributed by atoms with van der Waals surface area (Å²) in [6.07, 6.45) is 3.48. The van der Waals surface area contributed by atoms with Crippen molar-refractivity contribution in [2.45, 2.75) is 71.8 Å². The van der Waals surface area contributed by atoms with Crippen molar-refractivity contribution in [1.82, 2.24) is 29.4 Å². The zero-order valence-electron chi connectivity index (χ0n) is 17.0. The van der Waals surface area contributed by atoms with Crippen LogP contribution >= 0.6 is 0 Å². The van der Waals surface area contributed by atoms with Crippen molar-refractivity contribution in [3.8, 4) is 11.4 Å². The summed E-state index contributed by atoms with van der Waals surface area (Å²) >= 11 is 0. The fraction of sp³-hybridized carbons (Fsp3) is 0.500. The van der Waals surface area contributed by atoms with E-state index in [1.165, 1.54) is 29.8 Å². The Hall–Kier alpha value is -2.47. The first-order valence-electron chi connectivity index (χ1n) is 10.4. The number of hydrogen-bond acceptors (Lipinski definition) is 4. The summed E-state index contributed by atoms with van der Waals surface area (Å²) in [6.45, 7) is 9.42. The zero-order valence-corrected chi connectivity index (χ0v) is 17.0. The lowest BCUT2D eigenvalue weighted by Crippen LogP contribution is -2.36. The number of benzene rings is 1. The maximum atomic E-state index is 4.73. The van der Waals surface area contributed by atoms with Crippen molar-refractivity contribution in [2.75, 3.05) is 0 Å². The van der Waals surface area contributed by atoms with Crippen molar-refractivity contribution >= 4 is 0 Å². The fourth-order valence-corrected chi connectivity index (χ4v) is 5.04. The molecule has 0 spiro atoms. The van der Waals surface area contributed by atoms with E-state index in [2.05, 4.69) is 69.4 Å². The summed E-state index contributed by atoms with van der Waals surface area (Å²) in [7, 11) is 0. The average molecular weight is 377 g/mol. The molecule has 1 fully saturated rings.